The normalized spacial score (nSPS) is 20.2. The van der Waals surface area contributed by atoms with Crippen LogP contribution in [-0.2, 0) is 0 Å². The predicted octanol–water partition coefficient (Wildman–Crippen LogP) is 3.07. The summed E-state index contributed by atoms with van der Waals surface area (Å²) in [5.74, 6) is 1.82. The van der Waals surface area contributed by atoms with Gasteiger partial charge in [0.25, 0.3) is 0 Å². The van der Waals surface area contributed by atoms with Crippen molar-refractivity contribution < 1.29 is 4.74 Å². The van der Waals surface area contributed by atoms with Gasteiger partial charge in [-0.25, -0.2) is 0 Å². The molecule has 0 aromatic heterocycles. The number of hydrogen-bond acceptors (Lipinski definition) is 2. The molecular formula is C15H23NO. The molecule has 1 saturated heterocycles. The molecule has 0 unspecified atom stereocenters. The first-order chi connectivity index (χ1) is 8.24. The molecular weight excluding hydrogens is 210 g/mol. The van der Waals surface area contributed by atoms with Gasteiger partial charge in [-0.05, 0) is 75.4 Å². The van der Waals surface area contributed by atoms with Gasteiger partial charge in [0, 0.05) is 0 Å². The van der Waals surface area contributed by atoms with E-state index < -0.39 is 0 Å². The van der Waals surface area contributed by atoms with Crippen LogP contribution in [0.5, 0.6) is 5.75 Å². The Bertz CT molecular complexity index is 336. The Morgan fingerprint density at radius 2 is 2.00 bits per heavy atom. The summed E-state index contributed by atoms with van der Waals surface area (Å²) in [4.78, 5) is 0. The van der Waals surface area contributed by atoms with Crippen molar-refractivity contribution in [2.75, 3.05) is 19.7 Å². The second-order valence-electron chi connectivity index (χ2n) is 5.17. The van der Waals surface area contributed by atoms with Gasteiger partial charge >= 0.3 is 0 Å². The highest BCUT2D eigenvalue weighted by Gasteiger charge is 2.12. The minimum atomic E-state index is 0.801. The summed E-state index contributed by atoms with van der Waals surface area (Å²) in [6, 6.07) is 6.41. The molecule has 2 rings (SSSR count). The van der Waals surface area contributed by atoms with Crippen molar-refractivity contribution in [2.24, 2.45) is 5.92 Å². The fraction of sp³-hybridized carbons (Fsp3) is 0.600. The molecule has 2 heteroatoms. The number of aryl methyl sites for hydroxylation is 2. The lowest BCUT2D eigenvalue weighted by molar-refractivity contribution is 0.254. The van der Waals surface area contributed by atoms with Crippen LogP contribution in [0.1, 0.15) is 30.4 Å². The highest BCUT2D eigenvalue weighted by atomic mass is 16.5. The third kappa shape index (κ3) is 4.04. The van der Waals surface area contributed by atoms with Crippen molar-refractivity contribution >= 4 is 0 Å². The van der Waals surface area contributed by atoms with E-state index >= 15 is 0 Å². The first kappa shape index (κ1) is 12.4. The van der Waals surface area contributed by atoms with Gasteiger partial charge in [-0.15, -0.1) is 0 Å². The van der Waals surface area contributed by atoms with Crippen molar-refractivity contribution in [2.45, 2.75) is 33.1 Å². The maximum Gasteiger partial charge on any atom is 0.119 e. The number of benzene rings is 1. The van der Waals surface area contributed by atoms with E-state index in [1.807, 2.05) is 0 Å². The van der Waals surface area contributed by atoms with E-state index in [1.165, 1.54) is 36.9 Å². The van der Waals surface area contributed by atoms with Crippen LogP contribution in [0.25, 0.3) is 0 Å². The van der Waals surface area contributed by atoms with Gasteiger partial charge in [0.1, 0.15) is 5.75 Å². The first-order valence-corrected chi connectivity index (χ1v) is 6.66. The van der Waals surface area contributed by atoms with E-state index in [9.17, 15) is 0 Å². The summed E-state index contributed by atoms with van der Waals surface area (Å²) < 4.78 is 5.84. The van der Waals surface area contributed by atoms with Gasteiger partial charge in [0.2, 0.25) is 0 Å². The molecule has 1 aromatic carbocycles. The number of nitrogens with one attached hydrogen (secondary N) is 1. The SMILES string of the molecule is Cc1cc(C)cc(OCC[C@@H]2CCCNC2)c1. The zero-order chi connectivity index (χ0) is 12.1. The van der Waals surface area contributed by atoms with Crippen LogP contribution >= 0.6 is 0 Å². The molecule has 1 aromatic rings. The summed E-state index contributed by atoms with van der Waals surface area (Å²) >= 11 is 0. The molecule has 0 aliphatic carbocycles. The monoisotopic (exact) mass is 233 g/mol. The van der Waals surface area contributed by atoms with E-state index in [2.05, 4.69) is 37.4 Å². The lowest BCUT2D eigenvalue weighted by atomic mass is 9.97. The van der Waals surface area contributed by atoms with E-state index in [0.717, 1.165) is 24.8 Å². The molecule has 94 valence electrons. The highest BCUT2D eigenvalue weighted by Crippen LogP contribution is 2.18. The Balaban J connectivity index is 1.77. The highest BCUT2D eigenvalue weighted by molar-refractivity contribution is 5.32. The van der Waals surface area contributed by atoms with E-state index in [4.69, 9.17) is 4.74 Å². The molecule has 1 N–H and O–H groups in total. The fourth-order valence-corrected chi connectivity index (χ4v) is 2.53. The zero-order valence-electron chi connectivity index (χ0n) is 11.0. The Kier molecular flexibility index (Phi) is 4.43. The summed E-state index contributed by atoms with van der Waals surface area (Å²) in [6.45, 7) is 7.43. The summed E-state index contributed by atoms with van der Waals surface area (Å²) in [6.07, 6.45) is 3.83. The van der Waals surface area contributed by atoms with Crippen LogP contribution in [0.3, 0.4) is 0 Å². The minimum Gasteiger partial charge on any atom is -0.494 e. The topological polar surface area (TPSA) is 21.3 Å². The van der Waals surface area contributed by atoms with Crippen molar-refractivity contribution in [3.8, 4) is 5.75 Å². The molecule has 1 aliphatic heterocycles. The van der Waals surface area contributed by atoms with Crippen molar-refractivity contribution in [3.05, 3.63) is 29.3 Å². The van der Waals surface area contributed by atoms with Gasteiger partial charge in [-0.1, -0.05) is 6.07 Å². The maximum atomic E-state index is 5.84. The third-order valence-corrected chi connectivity index (χ3v) is 3.39. The molecule has 1 fully saturated rings. The zero-order valence-corrected chi connectivity index (χ0v) is 11.0. The van der Waals surface area contributed by atoms with Crippen LogP contribution in [0.4, 0.5) is 0 Å². The molecule has 17 heavy (non-hydrogen) atoms. The van der Waals surface area contributed by atoms with Crippen LogP contribution in [0.2, 0.25) is 0 Å². The van der Waals surface area contributed by atoms with Crippen molar-refractivity contribution in [3.63, 3.8) is 0 Å². The van der Waals surface area contributed by atoms with Gasteiger partial charge < -0.3 is 10.1 Å². The average molecular weight is 233 g/mol. The first-order valence-electron chi connectivity index (χ1n) is 6.66. The largest absolute Gasteiger partial charge is 0.494 e. The number of piperidine rings is 1. The average Bonchev–Trinajstić information content (AvgIpc) is 2.29. The smallest absolute Gasteiger partial charge is 0.119 e. The lowest BCUT2D eigenvalue weighted by Gasteiger charge is -2.22. The Hall–Kier alpha value is -1.02. The number of rotatable bonds is 4. The van der Waals surface area contributed by atoms with Crippen LogP contribution in [-0.4, -0.2) is 19.7 Å². The molecule has 2 nitrogen and oxygen atoms in total. The molecule has 1 heterocycles. The van der Waals surface area contributed by atoms with Crippen molar-refractivity contribution in [1.82, 2.24) is 5.32 Å². The van der Waals surface area contributed by atoms with Crippen molar-refractivity contribution in [1.29, 1.82) is 0 Å². The van der Waals surface area contributed by atoms with Gasteiger partial charge in [0.05, 0.1) is 6.61 Å². The second kappa shape index (κ2) is 6.06. The third-order valence-electron chi connectivity index (χ3n) is 3.39. The molecule has 0 saturated carbocycles. The number of ether oxygens (including phenoxy) is 1. The summed E-state index contributed by atoms with van der Waals surface area (Å²) in [5, 5.41) is 3.45. The predicted molar refractivity (Wildman–Crippen MR) is 71.6 cm³/mol. The lowest BCUT2D eigenvalue weighted by Crippen LogP contribution is -2.30. The standard InChI is InChI=1S/C15H23NO/c1-12-8-13(2)10-15(9-12)17-7-5-14-4-3-6-16-11-14/h8-10,14,16H,3-7,11H2,1-2H3/t14-/m0/s1. The second-order valence-corrected chi connectivity index (χ2v) is 5.17. The van der Waals surface area contributed by atoms with Gasteiger partial charge in [0.15, 0.2) is 0 Å². The van der Waals surface area contributed by atoms with E-state index in [0.29, 0.717) is 0 Å². The summed E-state index contributed by atoms with van der Waals surface area (Å²) in [7, 11) is 0. The molecule has 0 radical (unpaired) electrons. The van der Waals surface area contributed by atoms with E-state index in [-0.39, 0.29) is 0 Å². The van der Waals surface area contributed by atoms with Crippen LogP contribution < -0.4 is 10.1 Å². The van der Waals surface area contributed by atoms with Crippen LogP contribution in [0, 0.1) is 19.8 Å². The number of hydrogen-bond donors (Lipinski definition) is 1. The Morgan fingerprint density at radius 3 is 2.65 bits per heavy atom. The molecule has 1 aliphatic rings. The van der Waals surface area contributed by atoms with E-state index in [1.54, 1.807) is 0 Å². The fourth-order valence-electron chi connectivity index (χ4n) is 2.53. The molecule has 0 spiro atoms. The minimum absolute atomic E-state index is 0.801. The quantitative estimate of drug-likeness (QED) is 0.863. The van der Waals surface area contributed by atoms with Gasteiger partial charge in [-0.3, -0.25) is 0 Å². The molecule has 0 amide bonds. The molecule has 1 atom stereocenters. The van der Waals surface area contributed by atoms with Crippen LogP contribution in [0.15, 0.2) is 18.2 Å². The summed E-state index contributed by atoms with van der Waals surface area (Å²) in [5.41, 5.74) is 2.55. The Labute approximate surface area is 104 Å². The Morgan fingerprint density at radius 1 is 1.24 bits per heavy atom. The maximum absolute atomic E-state index is 5.84. The molecule has 0 bridgehead atoms. The van der Waals surface area contributed by atoms with Gasteiger partial charge in [-0.2, -0.15) is 0 Å².